The van der Waals surface area contributed by atoms with Crippen molar-refractivity contribution in [3.63, 3.8) is 0 Å². The second kappa shape index (κ2) is 3.35. The number of anilines is 1. The number of aromatic hydroxyl groups is 2. The molecule has 0 unspecified atom stereocenters. The number of rotatable bonds is 1. The van der Waals surface area contributed by atoms with E-state index in [9.17, 15) is 10.2 Å². The fraction of sp³-hybridized carbons (Fsp3) is 0.167. The second-order valence-electron chi connectivity index (χ2n) is 3.73. The Hall–Kier alpha value is -1.90. The lowest BCUT2D eigenvalue weighted by molar-refractivity contribution is 0.474. The standard InChI is InChI=1S/C12H13NO2/c1-13(2)12-10-5-4-9(14)7-8(10)3-6-11(12)15/h3-7,14-15H,1-2H3. The largest absolute Gasteiger partial charge is 0.508 e. The van der Waals surface area contributed by atoms with E-state index in [1.165, 1.54) is 0 Å². The number of phenolic OH excluding ortho intramolecular Hbond substituents is 2. The van der Waals surface area contributed by atoms with Gasteiger partial charge in [0.2, 0.25) is 0 Å². The van der Waals surface area contributed by atoms with Gasteiger partial charge in [-0.1, -0.05) is 6.07 Å². The van der Waals surface area contributed by atoms with Gasteiger partial charge in [-0.3, -0.25) is 0 Å². The van der Waals surface area contributed by atoms with E-state index in [2.05, 4.69) is 0 Å². The van der Waals surface area contributed by atoms with E-state index in [0.717, 1.165) is 16.5 Å². The van der Waals surface area contributed by atoms with Crippen molar-refractivity contribution in [2.75, 3.05) is 19.0 Å². The third kappa shape index (κ3) is 1.56. The highest BCUT2D eigenvalue weighted by Gasteiger charge is 2.08. The summed E-state index contributed by atoms with van der Waals surface area (Å²) >= 11 is 0. The van der Waals surface area contributed by atoms with Crippen LogP contribution < -0.4 is 4.90 Å². The lowest BCUT2D eigenvalue weighted by Crippen LogP contribution is -2.09. The highest BCUT2D eigenvalue weighted by molar-refractivity contribution is 5.97. The molecule has 0 aliphatic carbocycles. The van der Waals surface area contributed by atoms with Crippen molar-refractivity contribution in [3.8, 4) is 11.5 Å². The molecular formula is C12H13NO2. The highest BCUT2D eigenvalue weighted by Crippen LogP contribution is 2.35. The summed E-state index contributed by atoms with van der Waals surface area (Å²) in [5.74, 6) is 0.482. The van der Waals surface area contributed by atoms with Crippen molar-refractivity contribution >= 4 is 16.5 Å². The molecule has 2 aromatic carbocycles. The van der Waals surface area contributed by atoms with Crippen LogP contribution in [0, 0.1) is 0 Å². The predicted molar refractivity (Wildman–Crippen MR) is 61.6 cm³/mol. The van der Waals surface area contributed by atoms with Crippen molar-refractivity contribution in [1.82, 2.24) is 0 Å². The molecule has 3 nitrogen and oxygen atoms in total. The van der Waals surface area contributed by atoms with Crippen LogP contribution in [-0.4, -0.2) is 24.3 Å². The van der Waals surface area contributed by atoms with Crippen LogP contribution in [0.15, 0.2) is 30.3 Å². The Kier molecular flexibility index (Phi) is 2.15. The summed E-state index contributed by atoms with van der Waals surface area (Å²) in [5, 5.41) is 20.9. The first-order valence-corrected chi connectivity index (χ1v) is 4.71. The summed E-state index contributed by atoms with van der Waals surface area (Å²) in [4.78, 5) is 1.86. The van der Waals surface area contributed by atoms with Crippen LogP contribution in [0.25, 0.3) is 10.8 Å². The van der Waals surface area contributed by atoms with Gasteiger partial charge in [0.1, 0.15) is 11.5 Å². The maximum atomic E-state index is 9.74. The Morgan fingerprint density at radius 2 is 1.73 bits per heavy atom. The first-order valence-electron chi connectivity index (χ1n) is 4.71. The van der Waals surface area contributed by atoms with Gasteiger partial charge in [-0.15, -0.1) is 0 Å². The van der Waals surface area contributed by atoms with Crippen molar-refractivity contribution < 1.29 is 10.2 Å². The summed E-state index contributed by atoms with van der Waals surface area (Å²) in [5.41, 5.74) is 0.771. The van der Waals surface area contributed by atoms with Crippen LogP contribution in [0.2, 0.25) is 0 Å². The first-order chi connectivity index (χ1) is 7.09. The summed E-state index contributed by atoms with van der Waals surface area (Å²) in [7, 11) is 3.75. The topological polar surface area (TPSA) is 43.7 Å². The van der Waals surface area contributed by atoms with E-state index < -0.39 is 0 Å². The molecule has 0 amide bonds. The van der Waals surface area contributed by atoms with Gasteiger partial charge in [0.05, 0.1) is 5.69 Å². The van der Waals surface area contributed by atoms with Crippen LogP contribution in [0.1, 0.15) is 0 Å². The summed E-state index contributed by atoms with van der Waals surface area (Å²) in [6.45, 7) is 0. The monoisotopic (exact) mass is 203 g/mol. The molecule has 0 fully saturated rings. The van der Waals surface area contributed by atoms with Crippen molar-refractivity contribution in [3.05, 3.63) is 30.3 Å². The molecule has 0 heterocycles. The maximum absolute atomic E-state index is 9.74. The quantitative estimate of drug-likeness (QED) is 0.747. The van der Waals surface area contributed by atoms with Gasteiger partial charge in [-0.2, -0.15) is 0 Å². The van der Waals surface area contributed by atoms with Crippen LogP contribution in [0.5, 0.6) is 11.5 Å². The summed E-state index contributed by atoms with van der Waals surface area (Å²) in [6, 6.07) is 8.53. The molecule has 0 bridgehead atoms. The van der Waals surface area contributed by atoms with Gasteiger partial charge >= 0.3 is 0 Å². The fourth-order valence-corrected chi connectivity index (χ4v) is 1.76. The number of fused-ring (bicyclic) bond motifs is 1. The molecule has 0 aromatic heterocycles. The molecule has 0 spiro atoms. The third-order valence-corrected chi connectivity index (χ3v) is 2.40. The Bertz CT molecular complexity index is 506. The fourth-order valence-electron chi connectivity index (χ4n) is 1.76. The molecule has 0 aliphatic heterocycles. The molecular weight excluding hydrogens is 190 g/mol. The van der Waals surface area contributed by atoms with Gasteiger partial charge in [-0.05, 0) is 29.7 Å². The lowest BCUT2D eigenvalue weighted by atomic mass is 10.1. The van der Waals surface area contributed by atoms with Gasteiger partial charge < -0.3 is 15.1 Å². The van der Waals surface area contributed by atoms with Crippen molar-refractivity contribution in [2.24, 2.45) is 0 Å². The Balaban J connectivity index is 2.82. The maximum Gasteiger partial charge on any atom is 0.139 e. The normalized spacial score (nSPS) is 10.5. The van der Waals surface area contributed by atoms with Gasteiger partial charge in [0.25, 0.3) is 0 Å². The second-order valence-corrected chi connectivity index (χ2v) is 3.73. The molecule has 2 aromatic rings. The molecule has 0 radical (unpaired) electrons. The number of hydrogen-bond acceptors (Lipinski definition) is 3. The molecule has 15 heavy (non-hydrogen) atoms. The Morgan fingerprint density at radius 3 is 2.40 bits per heavy atom. The van der Waals surface area contributed by atoms with Crippen molar-refractivity contribution in [2.45, 2.75) is 0 Å². The minimum absolute atomic E-state index is 0.234. The zero-order chi connectivity index (χ0) is 11.0. The number of hydrogen-bond donors (Lipinski definition) is 2. The molecule has 3 heteroatoms. The number of phenols is 2. The van der Waals surface area contributed by atoms with Crippen LogP contribution in [0.3, 0.4) is 0 Å². The summed E-state index contributed by atoms with van der Waals surface area (Å²) < 4.78 is 0. The molecule has 2 rings (SSSR count). The van der Waals surface area contributed by atoms with Gasteiger partial charge in [0, 0.05) is 19.5 Å². The Morgan fingerprint density at radius 1 is 1.00 bits per heavy atom. The molecule has 0 saturated carbocycles. The lowest BCUT2D eigenvalue weighted by Gasteiger charge is -2.17. The van der Waals surface area contributed by atoms with E-state index in [0.29, 0.717) is 0 Å². The average molecular weight is 203 g/mol. The van der Waals surface area contributed by atoms with Crippen LogP contribution in [0.4, 0.5) is 5.69 Å². The molecule has 78 valence electrons. The van der Waals surface area contributed by atoms with Gasteiger partial charge in [-0.25, -0.2) is 0 Å². The highest BCUT2D eigenvalue weighted by atomic mass is 16.3. The van der Waals surface area contributed by atoms with Crippen LogP contribution in [-0.2, 0) is 0 Å². The SMILES string of the molecule is CN(C)c1c(O)ccc2cc(O)ccc12. The van der Waals surface area contributed by atoms with E-state index >= 15 is 0 Å². The predicted octanol–water partition coefficient (Wildman–Crippen LogP) is 2.32. The van der Waals surface area contributed by atoms with E-state index in [-0.39, 0.29) is 11.5 Å². The first kappa shape index (κ1) is 9.65. The van der Waals surface area contributed by atoms with Crippen molar-refractivity contribution in [1.29, 1.82) is 0 Å². The Labute approximate surface area is 88.2 Å². The van der Waals surface area contributed by atoms with E-state index in [1.807, 2.05) is 19.0 Å². The third-order valence-electron chi connectivity index (χ3n) is 2.40. The number of benzene rings is 2. The zero-order valence-electron chi connectivity index (χ0n) is 8.73. The number of nitrogens with zero attached hydrogens (tertiary/aromatic N) is 1. The molecule has 0 saturated heterocycles. The zero-order valence-corrected chi connectivity index (χ0v) is 8.73. The van der Waals surface area contributed by atoms with E-state index in [1.54, 1.807) is 30.3 Å². The van der Waals surface area contributed by atoms with Gasteiger partial charge in [0.15, 0.2) is 0 Å². The summed E-state index contributed by atoms with van der Waals surface area (Å²) in [6.07, 6.45) is 0. The molecule has 0 aliphatic rings. The smallest absolute Gasteiger partial charge is 0.139 e. The minimum atomic E-state index is 0.234. The average Bonchev–Trinajstić information content (AvgIpc) is 2.17. The van der Waals surface area contributed by atoms with Crippen LogP contribution >= 0.6 is 0 Å². The minimum Gasteiger partial charge on any atom is -0.508 e. The van der Waals surface area contributed by atoms with E-state index in [4.69, 9.17) is 0 Å². The molecule has 2 N–H and O–H groups in total. The molecule has 0 atom stereocenters.